The Labute approximate surface area is 90.5 Å². The van der Waals surface area contributed by atoms with Crippen LogP contribution in [0, 0.1) is 0 Å². The zero-order valence-corrected chi connectivity index (χ0v) is 10.00. The molecule has 1 N–H and O–H groups in total. The SMILES string of the molecule is CC1=C(C)C(=O)N(C(C)(C)C(C)O)CO1. The monoisotopic (exact) mass is 213 g/mol. The summed E-state index contributed by atoms with van der Waals surface area (Å²) in [6.07, 6.45) is -0.601. The van der Waals surface area contributed by atoms with E-state index in [4.69, 9.17) is 4.74 Å². The molecular formula is C11H19NO3. The van der Waals surface area contributed by atoms with Gasteiger partial charge in [0.05, 0.1) is 17.2 Å². The van der Waals surface area contributed by atoms with Crippen molar-refractivity contribution in [3.63, 3.8) is 0 Å². The summed E-state index contributed by atoms with van der Waals surface area (Å²) in [6, 6.07) is 0. The van der Waals surface area contributed by atoms with E-state index in [-0.39, 0.29) is 12.6 Å². The average Bonchev–Trinajstić information content (AvgIpc) is 2.13. The number of rotatable bonds is 2. The number of amides is 1. The molecule has 1 amide bonds. The Hall–Kier alpha value is -1.03. The first-order chi connectivity index (χ1) is 6.78. The summed E-state index contributed by atoms with van der Waals surface area (Å²) < 4.78 is 5.38. The van der Waals surface area contributed by atoms with Crippen LogP contribution in [-0.2, 0) is 9.53 Å². The zero-order valence-electron chi connectivity index (χ0n) is 10.00. The molecule has 0 bridgehead atoms. The van der Waals surface area contributed by atoms with Gasteiger partial charge in [0.2, 0.25) is 0 Å². The molecule has 0 aliphatic carbocycles. The molecule has 0 saturated heterocycles. The quantitative estimate of drug-likeness (QED) is 0.751. The number of ether oxygens (including phenoxy) is 1. The second-order valence-corrected chi connectivity index (χ2v) is 4.52. The van der Waals surface area contributed by atoms with Gasteiger partial charge in [-0.15, -0.1) is 0 Å². The highest BCUT2D eigenvalue weighted by Crippen LogP contribution is 2.26. The number of hydrogen-bond donors (Lipinski definition) is 1. The minimum atomic E-state index is -0.612. The molecule has 1 atom stereocenters. The minimum absolute atomic E-state index is 0.0651. The lowest BCUT2D eigenvalue weighted by Gasteiger charge is -2.42. The maximum atomic E-state index is 12.0. The largest absolute Gasteiger partial charge is 0.477 e. The van der Waals surface area contributed by atoms with Crippen LogP contribution in [0.25, 0.3) is 0 Å². The molecule has 0 aromatic rings. The third kappa shape index (κ3) is 2.00. The number of hydrogen-bond acceptors (Lipinski definition) is 3. The van der Waals surface area contributed by atoms with Gasteiger partial charge in [0.15, 0.2) is 6.73 Å². The number of nitrogens with zero attached hydrogens (tertiary/aromatic N) is 1. The van der Waals surface area contributed by atoms with Gasteiger partial charge in [-0.3, -0.25) is 9.69 Å². The fraction of sp³-hybridized carbons (Fsp3) is 0.727. The molecule has 0 radical (unpaired) electrons. The normalized spacial score (nSPS) is 20.4. The summed E-state index contributed by atoms with van der Waals surface area (Å²) in [5.41, 5.74) is -0.00560. The fourth-order valence-electron chi connectivity index (χ4n) is 1.33. The second kappa shape index (κ2) is 3.85. The third-order valence-electron chi connectivity index (χ3n) is 3.22. The highest BCUT2D eigenvalue weighted by Gasteiger charge is 2.38. The molecule has 0 aromatic carbocycles. The van der Waals surface area contributed by atoms with E-state index in [1.165, 1.54) is 0 Å². The fourth-order valence-corrected chi connectivity index (χ4v) is 1.33. The second-order valence-electron chi connectivity index (χ2n) is 4.52. The van der Waals surface area contributed by atoms with E-state index in [2.05, 4.69) is 0 Å². The molecule has 1 unspecified atom stereocenters. The van der Waals surface area contributed by atoms with Crippen LogP contribution in [0.15, 0.2) is 11.3 Å². The van der Waals surface area contributed by atoms with Crippen molar-refractivity contribution < 1.29 is 14.6 Å². The molecule has 1 aliphatic heterocycles. The first kappa shape index (κ1) is 12.0. The van der Waals surface area contributed by atoms with Gasteiger partial charge in [0, 0.05) is 0 Å². The van der Waals surface area contributed by atoms with Crippen molar-refractivity contribution in [3.8, 4) is 0 Å². The van der Waals surface area contributed by atoms with Crippen molar-refractivity contribution in [2.45, 2.75) is 46.3 Å². The number of carbonyl (C=O) groups is 1. The molecule has 4 heteroatoms. The van der Waals surface area contributed by atoms with Crippen LogP contribution in [0.1, 0.15) is 34.6 Å². The van der Waals surface area contributed by atoms with Gasteiger partial charge >= 0.3 is 0 Å². The van der Waals surface area contributed by atoms with E-state index in [1.54, 1.807) is 25.7 Å². The molecular weight excluding hydrogens is 194 g/mol. The molecule has 0 spiro atoms. The Morgan fingerprint density at radius 3 is 2.47 bits per heavy atom. The Bertz CT molecular complexity index is 305. The van der Waals surface area contributed by atoms with Crippen LogP contribution in [0.4, 0.5) is 0 Å². The molecule has 4 nitrogen and oxygen atoms in total. The van der Waals surface area contributed by atoms with Gasteiger partial charge in [0.25, 0.3) is 5.91 Å². The number of aliphatic hydroxyl groups is 1. The van der Waals surface area contributed by atoms with Gasteiger partial charge in [-0.2, -0.15) is 0 Å². The first-order valence-electron chi connectivity index (χ1n) is 5.08. The minimum Gasteiger partial charge on any atom is -0.477 e. The van der Waals surface area contributed by atoms with E-state index in [1.807, 2.05) is 13.8 Å². The molecule has 0 saturated carbocycles. The van der Waals surface area contributed by atoms with Crippen molar-refractivity contribution in [2.24, 2.45) is 0 Å². The van der Waals surface area contributed by atoms with E-state index in [9.17, 15) is 9.90 Å². The Balaban J connectivity index is 2.97. The van der Waals surface area contributed by atoms with Crippen molar-refractivity contribution in [2.75, 3.05) is 6.73 Å². The summed E-state index contributed by atoms with van der Waals surface area (Å²) in [6.45, 7) is 9.05. The van der Waals surface area contributed by atoms with Crippen LogP contribution in [0.3, 0.4) is 0 Å². The summed E-state index contributed by atoms with van der Waals surface area (Å²) in [4.78, 5) is 13.5. The number of carbonyl (C=O) groups excluding carboxylic acids is 1. The molecule has 1 heterocycles. The van der Waals surface area contributed by atoms with Crippen molar-refractivity contribution >= 4 is 5.91 Å². The molecule has 86 valence electrons. The summed E-state index contributed by atoms with van der Waals surface area (Å²) in [7, 11) is 0. The molecule has 15 heavy (non-hydrogen) atoms. The van der Waals surface area contributed by atoms with Crippen molar-refractivity contribution in [1.82, 2.24) is 4.90 Å². The van der Waals surface area contributed by atoms with E-state index >= 15 is 0 Å². The van der Waals surface area contributed by atoms with Crippen LogP contribution in [-0.4, -0.2) is 34.3 Å². The van der Waals surface area contributed by atoms with Crippen LogP contribution in [0.5, 0.6) is 0 Å². The number of aliphatic hydroxyl groups excluding tert-OH is 1. The molecule has 0 aromatic heterocycles. The first-order valence-corrected chi connectivity index (χ1v) is 5.08. The average molecular weight is 213 g/mol. The summed E-state index contributed by atoms with van der Waals surface area (Å²) >= 11 is 0. The Morgan fingerprint density at radius 2 is 2.00 bits per heavy atom. The van der Waals surface area contributed by atoms with Gasteiger partial charge in [0.1, 0.15) is 5.76 Å². The lowest BCUT2D eigenvalue weighted by atomic mass is 9.95. The van der Waals surface area contributed by atoms with Crippen LogP contribution < -0.4 is 0 Å². The van der Waals surface area contributed by atoms with E-state index < -0.39 is 11.6 Å². The van der Waals surface area contributed by atoms with Gasteiger partial charge in [-0.25, -0.2) is 0 Å². The van der Waals surface area contributed by atoms with Gasteiger partial charge < -0.3 is 9.84 Å². The van der Waals surface area contributed by atoms with Gasteiger partial charge in [-0.1, -0.05) is 0 Å². The Morgan fingerprint density at radius 1 is 1.47 bits per heavy atom. The number of allylic oxidation sites excluding steroid dienone is 1. The van der Waals surface area contributed by atoms with Crippen molar-refractivity contribution in [1.29, 1.82) is 0 Å². The molecule has 1 aliphatic rings. The maximum Gasteiger partial charge on any atom is 0.256 e. The standard InChI is InChI=1S/C11H19NO3/c1-7-8(2)15-6-12(10(7)14)11(4,5)9(3)13/h9,13H,6H2,1-5H3. The predicted molar refractivity (Wildman–Crippen MR) is 56.9 cm³/mol. The van der Waals surface area contributed by atoms with Crippen LogP contribution in [0.2, 0.25) is 0 Å². The van der Waals surface area contributed by atoms with E-state index in [0.717, 1.165) is 0 Å². The summed E-state index contributed by atoms with van der Waals surface area (Å²) in [5.74, 6) is 0.599. The maximum absolute atomic E-state index is 12.0. The highest BCUT2D eigenvalue weighted by molar-refractivity contribution is 5.94. The Kier molecular flexibility index (Phi) is 3.09. The lowest BCUT2D eigenvalue weighted by molar-refractivity contribution is -0.148. The smallest absolute Gasteiger partial charge is 0.256 e. The van der Waals surface area contributed by atoms with Crippen LogP contribution >= 0.6 is 0 Å². The van der Waals surface area contributed by atoms with Gasteiger partial charge in [-0.05, 0) is 34.6 Å². The third-order valence-corrected chi connectivity index (χ3v) is 3.22. The molecule has 0 fully saturated rings. The zero-order chi connectivity index (χ0) is 11.8. The van der Waals surface area contributed by atoms with E-state index in [0.29, 0.717) is 11.3 Å². The van der Waals surface area contributed by atoms with Crippen molar-refractivity contribution in [3.05, 3.63) is 11.3 Å². The highest BCUT2D eigenvalue weighted by atomic mass is 16.5. The molecule has 1 rings (SSSR count). The predicted octanol–water partition coefficient (Wildman–Crippen LogP) is 1.26. The topological polar surface area (TPSA) is 49.8 Å². The lowest BCUT2D eigenvalue weighted by Crippen LogP contribution is -2.56. The summed E-state index contributed by atoms with van der Waals surface area (Å²) in [5, 5.41) is 9.64.